The Morgan fingerprint density at radius 1 is 1.10 bits per heavy atom. The van der Waals surface area contributed by atoms with Crippen LogP contribution in [0.25, 0.3) is 0 Å². The Kier molecular flexibility index (Phi) is 4.54. The molecule has 0 bridgehead atoms. The van der Waals surface area contributed by atoms with Gasteiger partial charge < -0.3 is 0 Å². The highest BCUT2D eigenvalue weighted by molar-refractivity contribution is 5.86. The summed E-state index contributed by atoms with van der Waals surface area (Å²) in [5.74, 6) is -15.4. The van der Waals surface area contributed by atoms with Gasteiger partial charge >= 0.3 is 23.9 Å². The van der Waals surface area contributed by atoms with Crippen LogP contribution in [-0.4, -0.2) is 35.1 Å². The maximum Gasteiger partial charge on any atom is 0.460 e. The Labute approximate surface area is 112 Å². The average molecular weight is 317 g/mol. The molecule has 0 atom stereocenters. The van der Waals surface area contributed by atoms with Crippen molar-refractivity contribution < 1.29 is 35.5 Å². The molecule has 0 radical (unpaired) electrons. The average Bonchev–Trinajstić information content (AvgIpc) is 2.38. The topological polar surface area (TPSA) is 54.4 Å². The van der Waals surface area contributed by atoms with Gasteiger partial charge in [-0.3, -0.25) is 9.78 Å². The van der Waals surface area contributed by atoms with Crippen molar-refractivity contribution in [3.05, 3.63) is 30.1 Å². The molecule has 0 aromatic carbocycles. The number of pyridine rings is 1. The van der Waals surface area contributed by atoms with Crippen molar-refractivity contribution in [3.63, 3.8) is 0 Å². The number of alkyl halides is 7. The number of rotatable bonds is 4. The lowest BCUT2D eigenvalue weighted by molar-refractivity contribution is -0.344. The third-order valence-electron chi connectivity index (χ3n) is 2.12. The van der Waals surface area contributed by atoms with Crippen molar-refractivity contribution in [3.8, 4) is 0 Å². The molecule has 0 fully saturated rings. The fourth-order valence-corrected chi connectivity index (χ4v) is 1.01. The molecule has 1 heterocycles. The largest absolute Gasteiger partial charge is 0.460 e. The maximum absolute atomic E-state index is 12.9. The van der Waals surface area contributed by atoms with E-state index in [9.17, 15) is 35.5 Å². The summed E-state index contributed by atoms with van der Waals surface area (Å²) in [6, 6.07) is 2.64. The SMILES string of the molecule is O=C(NN=Cc1ccncc1)C(F)(F)C(F)(F)C(F)(F)F. The van der Waals surface area contributed by atoms with Crippen LogP contribution in [0.4, 0.5) is 30.7 Å². The maximum atomic E-state index is 12.9. The van der Waals surface area contributed by atoms with E-state index in [4.69, 9.17) is 0 Å². The minimum Gasteiger partial charge on any atom is -0.266 e. The van der Waals surface area contributed by atoms with E-state index in [0.29, 0.717) is 0 Å². The van der Waals surface area contributed by atoms with Crippen LogP contribution in [0.3, 0.4) is 0 Å². The summed E-state index contributed by atoms with van der Waals surface area (Å²) in [5, 5.41) is 2.87. The molecule has 1 aromatic rings. The van der Waals surface area contributed by atoms with Gasteiger partial charge in [-0.25, -0.2) is 5.43 Å². The predicted molar refractivity (Wildman–Crippen MR) is 55.9 cm³/mol. The van der Waals surface area contributed by atoms with Gasteiger partial charge in [0.15, 0.2) is 0 Å². The summed E-state index contributed by atoms with van der Waals surface area (Å²) >= 11 is 0. The molecule has 1 aromatic heterocycles. The van der Waals surface area contributed by atoms with E-state index >= 15 is 0 Å². The summed E-state index contributed by atoms with van der Waals surface area (Å²) in [5.41, 5.74) is 1.18. The minimum atomic E-state index is -6.58. The monoisotopic (exact) mass is 317 g/mol. The van der Waals surface area contributed by atoms with E-state index < -0.39 is 23.9 Å². The Bertz CT molecular complexity index is 527. The first kappa shape index (κ1) is 16.9. The normalized spacial score (nSPS) is 13.5. The number of aromatic nitrogens is 1. The lowest BCUT2D eigenvalue weighted by atomic mass is 10.1. The summed E-state index contributed by atoms with van der Waals surface area (Å²) in [4.78, 5) is 14.4. The zero-order valence-corrected chi connectivity index (χ0v) is 9.84. The van der Waals surface area contributed by atoms with Crippen LogP contribution in [0.5, 0.6) is 0 Å². The fraction of sp³-hybridized carbons (Fsp3) is 0.300. The number of nitrogens with one attached hydrogen (secondary N) is 1. The number of carbonyl (C=O) groups excluding carboxylic acids is 1. The highest BCUT2D eigenvalue weighted by atomic mass is 19.4. The van der Waals surface area contributed by atoms with Crippen LogP contribution in [0.2, 0.25) is 0 Å². The Balaban J connectivity index is 2.81. The van der Waals surface area contributed by atoms with E-state index in [0.717, 1.165) is 11.6 Å². The third-order valence-corrected chi connectivity index (χ3v) is 2.12. The second kappa shape index (κ2) is 5.66. The molecule has 1 rings (SSSR count). The van der Waals surface area contributed by atoms with Crippen molar-refractivity contribution in [2.24, 2.45) is 5.10 Å². The lowest BCUT2D eigenvalue weighted by Gasteiger charge is -2.26. The van der Waals surface area contributed by atoms with E-state index in [1.165, 1.54) is 24.5 Å². The third kappa shape index (κ3) is 3.47. The van der Waals surface area contributed by atoms with Crippen LogP contribution in [0.1, 0.15) is 5.56 Å². The van der Waals surface area contributed by atoms with Crippen LogP contribution < -0.4 is 5.43 Å². The first-order chi connectivity index (χ1) is 9.50. The Morgan fingerprint density at radius 3 is 2.10 bits per heavy atom. The number of hydrogen-bond donors (Lipinski definition) is 1. The number of nitrogens with zero attached hydrogens (tertiary/aromatic N) is 2. The molecule has 0 saturated carbocycles. The van der Waals surface area contributed by atoms with Gasteiger partial charge in [-0.15, -0.1) is 0 Å². The van der Waals surface area contributed by atoms with Gasteiger partial charge in [0.2, 0.25) is 0 Å². The van der Waals surface area contributed by atoms with Gasteiger partial charge in [-0.05, 0) is 17.7 Å². The van der Waals surface area contributed by atoms with Crippen molar-refractivity contribution >= 4 is 12.1 Å². The van der Waals surface area contributed by atoms with Crippen LogP contribution >= 0.6 is 0 Å². The first-order valence-electron chi connectivity index (χ1n) is 5.06. The molecular formula is C10H6F7N3O. The number of hydrogen-bond acceptors (Lipinski definition) is 3. The second-order valence-corrected chi connectivity index (χ2v) is 3.63. The van der Waals surface area contributed by atoms with Crippen molar-refractivity contribution in [1.29, 1.82) is 0 Å². The van der Waals surface area contributed by atoms with E-state index in [1.54, 1.807) is 0 Å². The predicted octanol–water partition coefficient (Wildman–Crippen LogP) is 2.36. The quantitative estimate of drug-likeness (QED) is 0.526. The van der Waals surface area contributed by atoms with E-state index in [-0.39, 0.29) is 5.56 Å². The Hall–Kier alpha value is -2.20. The van der Waals surface area contributed by atoms with Gasteiger partial charge in [-0.2, -0.15) is 35.8 Å². The van der Waals surface area contributed by atoms with E-state index in [1.807, 2.05) is 0 Å². The second-order valence-electron chi connectivity index (χ2n) is 3.63. The highest BCUT2D eigenvalue weighted by Crippen LogP contribution is 2.46. The van der Waals surface area contributed by atoms with Gasteiger partial charge in [0.25, 0.3) is 0 Å². The number of carbonyl (C=O) groups is 1. The number of halogens is 7. The lowest BCUT2D eigenvalue weighted by Crippen LogP contribution is -2.58. The zero-order chi connectivity index (χ0) is 16.3. The Morgan fingerprint density at radius 2 is 1.62 bits per heavy atom. The summed E-state index contributed by atoms with van der Waals surface area (Å²) in [7, 11) is 0. The summed E-state index contributed by atoms with van der Waals surface area (Å²) in [6.45, 7) is 0. The molecule has 116 valence electrons. The molecule has 1 amide bonds. The van der Waals surface area contributed by atoms with Gasteiger partial charge in [0.05, 0.1) is 6.21 Å². The molecule has 0 aliphatic heterocycles. The molecule has 0 spiro atoms. The molecule has 4 nitrogen and oxygen atoms in total. The van der Waals surface area contributed by atoms with Crippen LogP contribution in [0.15, 0.2) is 29.6 Å². The van der Waals surface area contributed by atoms with E-state index in [2.05, 4.69) is 10.1 Å². The molecule has 0 aliphatic carbocycles. The summed E-state index contributed by atoms with van der Waals surface area (Å²) < 4.78 is 86.2. The van der Waals surface area contributed by atoms with Gasteiger partial charge in [0, 0.05) is 12.4 Å². The fourth-order valence-electron chi connectivity index (χ4n) is 1.01. The molecule has 0 saturated heterocycles. The van der Waals surface area contributed by atoms with Gasteiger partial charge in [0.1, 0.15) is 0 Å². The smallest absolute Gasteiger partial charge is 0.266 e. The number of amides is 1. The molecule has 21 heavy (non-hydrogen) atoms. The highest BCUT2D eigenvalue weighted by Gasteiger charge is 2.76. The molecule has 1 N–H and O–H groups in total. The first-order valence-corrected chi connectivity index (χ1v) is 5.06. The molecule has 11 heteroatoms. The zero-order valence-electron chi connectivity index (χ0n) is 9.84. The number of hydrazone groups is 1. The minimum absolute atomic E-state index is 0.246. The van der Waals surface area contributed by atoms with Crippen LogP contribution in [0, 0.1) is 0 Å². The molecule has 0 aliphatic rings. The van der Waals surface area contributed by atoms with Crippen molar-refractivity contribution in [1.82, 2.24) is 10.4 Å². The van der Waals surface area contributed by atoms with Crippen molar-refractivity contribution in [2.75, 3.05) is 0 Å². The van der Waals surface area contributed by atoms with Gasteiger partial charge in [-0.1, -0.05) is 0 Å². The standard InChI is InChI=1S/C10H6F7N3O/c11-8(12,9(13,14)10(15,16)17)7(21)20-19-5-6-1-3-18-4-2-6/h1-5H,(H,20,21). The molecule has 0 unspecified atom stereocenters. The van der Waals surface area contributed by atoms with Crippen LogP contribution in [-0.2, 0) is 4.79 Å². The molecular weight excluding hydrogens is 311 g/mol. The summed E-state index contributed by atoms with van der Waals surface area (Å²) in [6.07, 6.45) is -3.27. The van der Waals surface area contributed by atoms with Crippen molar-refractivity contribution in [2.45, 2.75) is 18.0 Å².